The van der Waals surface area contributed by atoms with Crippen LogP contribution in [-0.4, -0.2) is 19.6 Å². The van der Waals surface area contributed by atoms with Crippen LogP contribution in [0.15, 0.2) is 0 Å². The molecule has 53 valence electrons. The molecular weight excluding hydrogens is 118 g/mol. The first kappa shape index (κ1) is 8.43. The number of ether oxygens (including phenoxy) is 1. The van der Waals surface area contributed by atoms with E-state index in [1.165, 1.54) is 0 Å². The van der Waals surface area contributed by atoms with Gasteiger partial charge in [-0.15, -0.1) is 0 Å². The molecule has 0 aromatic rings. The summed E-state index contributed by atoms with van der Waals surface area (Å²) < 4.78 is 4.90. The Hall–Kier alpha value is -0.570. The average Bonchev–Trinajstić information content (AvgIpc) is 1.87. The highest BCUT2D eigenvalue weighted by Gasteiger charge is 2.10. The minimum atomic E-state index is -0.156. The van der Waals surface area contributed by atoms with E-state index in [1.54, 1.807) is 14.0 Å². The van der Waals surface area contributed by atoms with Gasteiger partial charge in [-0.25, -0.2) is 0 Å². The van der Waals surface area contributed by atoms with Crippen LogP contribution < -0.4 is 5.32 Å². The minimum Gasteiger partial charge on any atom is -0.362 e. The van der Waals surface area contributed by atoms with Crippen LogP contribution >= 0.6 is 0 Å². The second kappa shape index (κ2) is 4.32. The lowest BCUT2D eigenvalue weighted by Gasteiger charge is -2.06. The third-order valence-electron chi connectivity index (χ3n) is 0.908. The van der Waals surface area contributed by atoms with Gasteiger partial charge >= 0.3 is 0 Å². The van der Waals surface area contributed by atoms with Gasteiger partial charge in [0.25, 0.3) is 5.91 Å². The molecule has 3 nitrogen and oxygen atoms in total. The first-order chi connectivity index (χ1) is 4.22. The standard InChI is InChI=1S/C6H12NO2/c1-4-9-5(2)6(8)7-3/h4H2,1-3H3,(H,7,8). The Kier molecular flexibility index (Phi) is 4.05. The Balaban J connectivity index is 3.45. The van der Waals surface area contributed by atoms with Gasteiger partial charge in [-0.2, -0.15) is 0 Å². The second-order valence-electron chi connectivity index (χ2n) is 1.57. The summed E-state index contributed by atoms with van der Waals surface area (Å²) in [4.78, 5) is 10.6. The molecule has 0 unspecified atom stereocenters. The van der Waals surface area contributed by atoms with Crippen LogP contribution in [0.5, 0.6) is 0 Å². The van der Waals surface area contributed by atoms with Crippen molar-refractivity contribution < 1.29 is 9.53 Å². The Morgan fingerprint density at radius 3 is 2.56 bits per heavy atom. The smallest absolute Gasteiger partial charge is 0.255 e. The minimum absolute atomic E-state index is 0.156. The number of likely N-dealkylation sites (N-methyl/N-ethyl adjacent to an activating group) is 1. The van der Waals surface area contributed by atoms with E-state index in [9.17, 15) is 4.79 Å². The van der Waals surface area contributed by atoms with E-state index in [0.717, 1.165) is 0 Å². The Bertz CT molecular complexity index is 93.1. The van der Waals surface area contributed by atoms with E-state index in [4.69, 9.17) is 4.74 Å². The second-order valence-corrected chi connectivity index (χ2v) is 1.57. The van der Waals surface area contributed by atoms with Crippen molar-refractivity contribution in [2.45, 2.75) is 13.8 Å². The molecule has 1 N–H and O–H groups in total. The van der Waals surface area contributed by atoms with E-state index < -0.39 is 0 Å². The van der Waals surface area contributed by atoms with Gasteiger partial charge in [0.1, 0.15) is 0 Å². The third-order valence-corrected chi connectivity index (χ3v) is 0.908. The highest BCUT2D eigenvalue weighted by atomic mass is 16.5. The summed E-state index contributed by atoms with van der Waals surface area (Å²) >= 11 is 0. The normalized spacial score (nSPS) is 9.78. The van der Waals surface area contributed by atoms with Gasteiger partial charge in [-0.1, -0.05) is 0 Å². The lowest BCUT2D eigenvalue weighted by molar-refractivity contribution is -0.123. The molecule has 1 radical (unpaired) electrons. The fourth-order valence-corrected chi connectivity index (χ4v) is 0.458. The van der Waals surface area contributed by atoms with Crippen LogP contribution in [0.2, 0.25) is 0 Å². The first-order valence-electron chi connectivity index (χ1n) is 2.90. The van der Waals surface area contributed by atoms with Crippen molar-refractivity contribution in [2.24, 2.45) is 0 Å². The monoisotopic (exact) mass is 130 g/mol. The molecule has 0 aliphatic carbocycles. The van der Waals surface area contributed by atoms with Crippen LogP contribution in [0.3, 0.4) is 0 Å². The average molecular weight is 130 g/mol. The van der Waals surface area contributed by atoms with Crippen molar-refractivity contribution in [2.75, 3.05) is 13.7 Å². The summed E-state index contributed by atoms with van der Waals surface area (Å²) in [5, 5.41) is 2.45. The van der Waals surface area contributed by atoms with Gasteiger partial charge in [0.05, 0.1) is 0 Å². The zero-order valence-electron chi connectivity index (χ0n) is 6.02. The molecule has 0 bridgehead atoms. The van der Waals surface area contributed by atoms with Crippen molar-refractivity contribution in [1.29, 1.82) is 0 Å². The molecule has 3 heteroatoms. The topological polar surface area (TPSA) is 38.3 Å². The van der Waals surface area contributed by atoms with E-state index >= 15 is 0 Å². The fraction of sp³-hybridized carbons (Fsp3) is 0.667. The molecule has 9 heavy (non-hydrogen) atoms. The van der Waals surface area contributed by atoms with E-state index in [0.29, 0.717) is 12.7 Å². The van der Waals surface area contributed by atoms with Crippen molar-refractivity contribution in [3.05, 3.63) is 6.10 Å². The van der Waals surface area contributed by atoms with Crippen molar-refractivity contribution >= 4 is 5.91 Å². The third kappa shape index (κ3) is 3.08. The van der Waals surface area contributed by atoms with Crippen molar-refractivity contribution in [3.63, 3.8) is 0 Å². The maximum atomic E-state index is 10.6. The van der Waals surface area contributed by atoms with Crippen LogP contribution in [0.25, 0.3) is 0 Å². The molecule has 0 aromatic carbocycles. The van der Waals surface area contributed by atoms with E-state index in [-0.39, 0.29) is 5.91 Å². The molecule has 0 saturated carbocycles. The lowest BCUT2D eigenvalue weighted by atomic mass is 10.4. The Morgan fingerprint density at radius 2 is 2.22 bits per heavy atom. The molecule has 0 heterocycles. The quantitative estimate of drug-likeness (QED) is 0.597. The number of nitrogens with one attached hydrogen (secondary N) is 1. The van der Waals surface area contributed by atoms with Crippen molar-refractivity contribution in [3.8, 4) is 0 Å². The predicted molar refractivity (Wildman–Crippen MR) is 34.6 cm³/mol. The molecule has 0 rings (SSSR count). The van der Waals surface area contributed by atoms with Gasteiger partial charge < -0.3 is 10.1 Å². The number of carbonyl (C=O) groups excluding carboxylic acids is 1. The van der Waals surface area contributed by atoms with Gasteiger partial charge in [0, 0.05) is 13.7 Å². The molecule has 0 aliphatic heterocycles. The molecular formula is C6H12NO2. The first-order valence-corrected chi connectivity index (χ1v) is 2.90. The number of carbonyl (C=O) groups is 1. The van der Waals surface area contributed by atoms with Crippen LogP contribution in [0, 0.1) is 6.10 Å². The van der Waals surface area contributed by atoms with Gasteiger partial charge in [0.15, 0.2) is 6.10 Å². The maximum absolute atomic E-state index is 10.6. The Labute approximate surface area is 55.4 Å². The highest BCUT2D eigenvalue weighted by molar-refractivity contribution is 5.87. The van der Waals surface area contributed by atoms with Gasteiger partial charge in [0.2, 0.25) is 0 Å². The zero-order chi connectivity index (χ0) is 7.28. The Morgan fingerprint density at radius 1 is 1.67 bits per heavy atom. The molecule has 0 spiro atoms. The molecule has 1 amide bonds. The van der Waals surface area contributed by atoms with Gasteiger partial charge in [-0.3, -0.25) is 4.79 Å². The molecule has 0 fully saturated rings. The summed E-state index contributed by atoms with van der Waals surface area (Å²) in [6.07, 6.45) is 0.417. The summed E-state index contributed by atoms with van der Waals surface area (Å²) in [5.74, 6) is -0.156. The summed E-state index contributed by atoms with van der Waals surface area (Å²) in [7, 11) is 1.57. The molecule has 0 aromatic heterocycles. The fourth-order valence-electron chi connectivity index (χ4n) is 0.458. The summed E-state index contributed by atoms with van der Waals surface area (Å²) in [6, 6.07) is 0. The number of hydrogen-bond acceptors (Lipinski definition) is 2. The lowest BCUT2D eigenvalue weighted by Crippen LogP contribution is -2.25. The number of amides is 1. The van der Waals surface area contributed by atoms with Gasteiger partial charge in [-0.05, 0) is 13.8 Å². The SMILES string of the molecule is CCO[C](C)C(=O)NC. The maximum Gasteiger partial charge on any atom is 0.255 e. The molecule has 0 atom stereocenters. The largest absolute Gasteiger partial charge is 0.362 e. The summed E-state index contributed by atoms with van der Waals surface area (Å²) in [5.41, 5.74) is 0. The van der Waals surface area contributed by atoms with E-state index in [2.05, 4.69) is 5.32 Å². The molecule has 0 aliphatic rings. The number of hydrogen-bond donors (Lipinski definition) is 1. The van der Waals surface area contributed by atoms with Crippen LogP contribution in [0.4, 0.5) is 0 Å². The zero-order valence-corrected chi connectivity index (χ0v) is 6.02. The number of rotatable bonds is 3. The van der Waals surface area contributed by atoms with E-state index in [1.807, 2.05) is 6.92 Å². The summed E-state index contributed by atoms with van der Waals surface area (Å²) in [6.45, 7) is 4.02. The van der Waals surface area contributed by atoms with Crippen molar-refractivity contribution in [1.82, 2.24) is 5.32 Å². The molecule has 0 saturated heterocycles. The van der Waals surface area contributed by atoms with Crippen LogP contribution in [0.1, 0.15) is 13.8 Å². The van der Waals surface area contributed by atoms with Crippen LogP contribution in [-0.2, 0) is 9.53 Å². The predicted octanol–water partition coefficient (Wildman–Crippen LogP) is 0.321. The highest BCUT2D eigenvalue weighted by Crippen LogP contribution is 1.97.